The molecular weight excluding hydrogens is 326 g/mol. The van der Waals surface area contributed by atoms with E-state index in [9.17, 15) is 0 Å². The third-order valence-corrected chi connectivity index (χ3v) is 5.12. The van der Waals surface area contributed by atoms with Crippen LogP contribution >= 0.6 is 0 Å². The summed E-state index contributed by atoms with van der Waals surface area (Å²) < 4.78 is 5.42. The Hall–Kier alpha value is -2.34. The van der Waals surface area contributed by atoms with Gasteiger partial charge in [0.15, 0.2) is 0 Å². The molecule has 6 nitrogen and oxygen atoms in total. The topological polar surface area (TPSA) is 53.5 Å². The molecule has 2 aliphatic rings. The molecule has 1 aromatic carbocycles. The fraction of sp³-hybridized carbons (Fsp3) is 0.500. The third-order valence-electron chi connectivity index (χ3n) is 5.12. The molecule has 2 saturated heterocycles. The number of benzene rings is 1. The first-order chi connectivity index (χ1) is 12.9. The first-order valence-electron chi connectivity index (χ1n) is 9.61. The van der Waals surface area contributed by atoms with Gasteiger partial charge < -0.3 is 19.9 Å². The van der Waals surface area contributed by atoms with Gasteiger partial charge in [-0.3, -0.25) is 0 Å². The fourth-order valence-corrected chi connectivity index (χ4v) is 3.58. The second kappa shape index (κ2) is 8.36. The quantitative estimate of drug-likeness (QED) is 0.892. The van der Waals surface area contributed by atoms with E-state index in [4.69, 9.17) is 4.74 Å². The Morgan fingerprint density at radius 3 is 2.42 bits per heavy atom. The lowest BCUT2D eigenvalue weighted by molar-refractivity contribution is 0.122. The Bertz CT molecular complexity index is 694. The number of nitrogens with zero attached hydrogens (tertiary/aromatic N) is 4. The number of aromatic nitrogens is 2. The second-order valence-corrected chi connectivity index (χ2v) is 6.93. The van der Waals surface area contributed by atoms with Gasteiger partial charge in [-0.2, -0.15) is 0 Å². The Morgan fingerprint density at radius 1 is 0.885 bits per heavy atom. The van der Waals surface area contributed by atoms with Crippen LogP contribution in [-0.2, 0) is 11.3 Å². The monoisotopic (exact) mass is 353 g/mol. The number of piperidine rings is 1. The lowest BCUT2D eigenvalue weighted by Crippen LogP contribution is -2.36. The van der Waals surface area contributed by atoms with E-state index >= 15 is 0 Å². The van der Waals surface area contributed by atoms with Gasteiger partial charge in [0.05, 0.1) is 13.2 Å². The minimum absolute atomic E-state index is 0.764. The van der Waals surface area contributed by atoms with E-state index in [0.717, 1.165) is 57.6 Å². The van der Waals surface area contributed by atoms with Crippen molar-refractivity contribution in [3.8, 4) is 0 Å². The van der Waals surface area contributed by atoms with E-state index in [1.807, 2.05) is 0 Å². The van der Waals surface area contributed by atoms with Crippen molar-refractivity contribution in [2.45, 2.75) is 25.8 Å². The minimum Gasteiger partial charge on any atom is -0.378 e. The van der Waals surface area contributed by atoms with Crippen LogP contribution in [0.5, 0.6) is 0 Å². The SMILES string of the molecule is c1nc(NCc2ccc(N3CCOCC3)cc2)cc(N2CCCCC2)n1. The maximum atomic E-state index is 5.42. The number of rotatable bonds is 5. The molecule has 0 aliphatic carbocycles. The molecule has 0 unspecified atom stereocenters. The summed E-state index contributed by atoms with van der Waals surface area (Å²) in [6, 6.07) is 10.8. The Kier molecular flexibility index (Phi) is 5.50. The van der Waals surface area contributed by atoms with E-state index < -0.39 is 0 Å². The predicted molar refractivity (Wildman–Crippen MR) is 105 cm³/mol. The summed E-state index contributed by atoms with van der Waals surface area (Å²) in [4.78, 5) is 13.5. The number of hydrogen-bond donors (Lipinski definition) is 1. The largest absolute Gasteiger partial charge is 0.378 e. The van der Waals surface area contributed by atoms with Gasteiger partial charge in [-0.1, -0.05) is 12.1 Å². The number of ether oxygens (including phenoxy) is 1. The van der Waals surface area contributed by atoms with Crippen LogP contribution in [0, 0.1) is 0 Å². The lowest BCUT2D eigenvalue weighted by Gasteiger charge is -2.29. The molecule has 2 fully saturated rings. The predicted octanol–water partition coefficient (Wildman–Crippen LogP) is 2.92. The Morgan fingerprint density at radius 2 is 1.65 bits per heavy atom. The number of anilines is 3. The van der Waals surface area contributed by atoms with Gasteiger partial charge in [-0.25, -0.2) is 9.97 Å². The van der Waals surface area contributed by atoms with Gasteiger partial charge >= 0.3 is 0 Å². The number of hydrogen-bond acceptors (Lipinski definition) is 6. The molecule has 0 saturated carbocycles. The lowest BCUT2D eigenvalue weighted by atomic mass is 10.1. The van der Waals surface area contributed by atoms with Crippen LogP contribution in [0.1, 0.15) is 24.8 Å². The maximum Gasteiger partial charge on any atom is 0.134 e. The van der Waals surface area contributed by atoms with Gasteiger partial charge in [-0.15, -0.1) is 0 Å². The van der Waals surface area contributed by atoms with Gasteiger partial charge in [-0.05, 0) is 37.0 Å². The maximum absolute atomic E-state index is 5.42. The standard InChI is InChI=1S/C20H27N5O/c1-2-8-25(9-3-1)20-14-19(22-16-23-20)21-15-17-4-6-18(7-5-17)24-10-12-26-13-11-24/h4-7,14,16H,1-3,8-13,15H2,(H,21,22,23). The van der Waals surface area contributed by atoms with Crippen LogP contribution in [0.4, 0.5) is 17.3 Å². The molecule has 2 aromatic rings. The van der Waals surface area contributed by atoms with Gasteiger partial charge in [0.25, 0.3) is 0 Å². The van der Waals surface area contributed by atoms with E-state index in [1.54, 1.807) is 6.33 Å². The molecule has 0 bridgehead atoms. The minimum atomic E-state index is 0.764. The summed E-state index contributed by atoms with van der Waals surface area (Å²) in [5.74, 6) is 1.92. The zero-order valence-electron chi connectivity index (χ0n) is 15.2. The van der Waals surface area contributed by atoms with Crippen LogP contribution in [0.3, 0.4) is 0 Å². The van der Waals surface area contributed by atoms with Crippen molar-refractivity contribution in [1.29, 1.82) is 0 Å². The summed E-state index contributed by atoms with van der Waals surface area (Å²) in [6.07, 6.45) is 5.49. The molecule has 0 atom stereocenters. The van der Waals surface area contributed by atoms with Gasteiger partial charge in [0.1, 0.15) is 18.0 Å². The molecule has 3 heterocycles. The molecule has 138 valence electrons. The smallest absolute Gasteiger partial charge is 0.134 e. The zero-order valence-corrected chi connectivity index (χ0v) is 15.2. The summed E-state index contributed by atoms with van der Waals surface area (Å²) in [5.41, 5.74) is 2.52. The van der Waals surface area contributed by atoms with Crippen LogP contribution < -0.4 is 15.1 Å². The highest BCUT2D eigenvalue weighted by Crippen LogP contribution is 2.20. The van der Waals surface area contributed by atoms with E-state index in [-0.39, 0.29) is 0 Å². The van der Waals surface area contributed by atoms with Crippen LogP contribution in [0.2, 0.25) is 0 Å². The first kappa shape index (κ1) is 17.1. The molecule has 6 heteroatoms. The number of morpholine rings is 1. The van der Waals surface area contributed by atoms with Crippen LogP contribution in [0.15, 0.2) is 36.7 Å². The summed E-state index contributed by atoms with van der Waals surface area (Å²) in [5, 5.41) is 3.43. The summed E-state index contributed by atoms with van der Waals surface area (Å²) in [7, 11) is 0. The van der Waals surface area contributed by atoms with Crippen molar-refractivity contribution in [1.82, 2.24) is 9.97 Å². The molecule has 2 aliphatic heterocycles. The molecule has 0 amide bonds. The van der Waals surface area contributed by atoms with Gasteiger partial charge in [0, 0.05) is 44.5 Å². The Labute approximate surface area is 155 Å². The molecular formula is C20H27N5O. The highest BCUT2D eigenvalue weighted by Gasteiger charge is 2.13. The average molecular weight is 353 g/mol. The van der Waals surface area contributed by atoms with Crippen molar-refractivity contribution in [3.05, 3.63) is 42.2 Å². The van der Waals surface area contributed by atoms with Crippen molar-refractivity contribution in [2.75, 3.05) is 54.5 Å². The average Bonchev–Trinajstić information content (AvgIpc) is 2.74. The van der Waals surface area contributed by atoms with Crippen molar-refractivity contribution in [2.24, 2.45) is 0 Å². The highest BCUT2D eigenvalue weighted by atomic mass is 16.5. The van der Waals surface area contributed by atoms with E-state index in [0.29, 0.717) is 0 Å². The summed E-state index contributed by atoms with van der Waals surface area (Å²) in [6.45, 7) is 6.53. The van der Waals surface area contributed by atoms with Crippen molar-refractivity contribution < 1.29 is 4.74 Å². The number of nitrogens with one attached hydrogen (secondary N) is 1. The fourth-order valence-electron chi connectivity index (χ4n) is 3.58. The molecule has 0 radical (unpaired) electrons. The normalized spacial score (nSPS) is 18.0. The van der Waals surface area contributed by atoms with Crippen LogP contribution in [0.25, 0.3) is 0 Å². The Balaban J connectivity index is 1.34. The van der Waals surface area contributed by atoms with Crippen LogP contribution in [-0.4, -0.2) is 49.4 Å². The van der Waals surface area contributed by atoms with Gasteiger partial charge in [0.2, 0.25) is 0 Å². The molecule has 1 N–H and O–H groups in total. The molecule has 1 aromatic heterocycles. The van der Waals surface area contributed by atoms with Crippen molar-refractivity contribution in [3.63, 3.8) is 0 Å². The molecule has 4 rings (SSSR count). The summed E-state index contributed by atoms with van der Waals surface area (Å²) >= 11 is 0. The van der Waals surface area contributed by atoms with E-state index in [1.165, 1.54) is 30.5 Å². The first-order valence-corrected chi connectivity index (χ1v) is 9.61. The van der Waals surface area contributed by atoms with E-state index in [2.05, 4.69) is 55.4 Å². The third kappa shape index (κ3) is 4.25. The molecule has 26 heavy (non-hydrogen) atoms. The highest BCUT2D eigenvalue weighted by molar-refractivity contribution is 5.50. The van der Waals surface area contributed by atoms with Crippen molar-refractivity contribution >= 4 is 17.3 Å². The second-order valence-electron chi connectivity index (χ2n) is 6.93. The zero-order chi connectivity index (χ0) is 17.6. The molecule has 0 spiro atoms.